The molecule has 0 bridgehead atoms. The average molecular weight is 236 g/mol. The Hall–Kier alpha value is -1.66. The zero-order valence-corrected chi connectivity index (χ0v) is 9.88. The number of nitrogens with zero attached hydrogens (tertiary/aromatic N) is 3. The Morgan fingerprint density at radius 1 is 1.41 bits per heavy atom. The summed E-state index contributed by atoms with van der Waals surface area (Å²) in [7, 11) is 0. The first kappa shape index (κ1) is 11.8. The van der Waals surface area contributed by atoms with Crippen molar-refractivity contribution in [1.29, 1.82) is 0 Å². The van der Waals surface area contributed by atoms with E-state index in [0.717, 1.165) is 11.2 Å². The molecule has 92 valence electrons. The normalized spacial score (nSPS) is 12.0. The van der Waals surface area contributed by atoms with Gasteiger partial charge in [-0.3, -0.25) is 0 Å². The van der Waals surface area contributed by atoms with Gasteiger partial charge in [-0.2, -0.15) is 5.10 Å². The zero-order chi connectivity index (χ0) is 12.5. The molecule has 0 aliphatic rings. The van der Waals surface area contributed by atoms with Crippen molar-refractivity contribution in [2.45, 2.75) is 19.4 Å². The van der Waals surface area contributed by atoms with Gasteiger partial charge < -0.3 is 15.5 Å². The number of anilines is 1. The number of aromatic nitrogens is 3. The lowest BCUT2D eigenvalue weighted by atomic mass is 10.1. The van der Waals surface area contributed by atoms with Crippen molar-refractivity contribution in [3.63, 3.8) is 0 Å². The third kappa shape index (κ3) is 2.22. The molecule has 6 nitrogen and oxygen atoms in total. The van der Waals surface area contributed by atoms with Gasteiger partial charge in [0.25, 0.3) is 0 Å². The van der Waals surface area contributed by atoms with Gasteiger partial charge in [-0.15, -0.1) is 0 Å². The molecule has 0 amide bonds. The van der Waals surface area contributed by atoms with Crippen molar-refractivity contribution in [2.75, 3.05) is 18.5 Å². The smallest absolute Gasteiger partial charge is 0.152 e. The highest BCUT2D eigenvalue weighted by atomic mass is 16.3. The second-order valence-electron chi connectivity index (χ2n) is 4.39. The highest BCUT2D eigenvalue weighted by molar-refractivity contribution is 5.68. The molecule has 2 heterocycles. The summed E-state index contributed by atoms with van der Waals surface area (Å²) in [6, 6.07) is 1.89. The Bertz CT molecular complexity index is 519. The van der Waals surface area contributed by atoms with E-state index in [2.05, 4.69) is 15.4 Å². The van der Waals surface area contributed by atoms with Crippen molar-refractivity contribution in [3.8, 4) is 0 Å². The third-order valence-corrected chi connectivity index (χ3v) is 2.63. The van der Waals surface area contributed by atoms with Gasteiger partial charge in [-0.25, -0.2) is 9.50 Å². The van der Waals surface area contributed by atoms with E-state index < -0.39 is 5.54 Å². The fourth-order valence-electron chi connectivity index (χ4n) is 1.56. The molecule has 2 aromatic rings. The molecular formula is C11H16N4O2. The summed E-state index contributed by atoms with van der Waals surface area (Å²) >= 11 is 0. The number of aryl methyl sites for hydroxylation is 1. The van der Waals surface area contributed by atoms with E-state index in [1.807, 2.05) is 13.0 Å². The largest absolute Gasteiger partial charge is 0.394 e. The molecule has 0 saturated carbocycles. The summed E-state index contributed by atoms with van der Waals surface area (Å²) in [4.78, 5) is 4.21. The van der Waals surface area contributed by atoms with Crippen LogP contribution in [-0.4, -0.2) is 43.6 Å². The molecule has 0 atom stereocenters. The molecule has 0 saturated heterocycles. The zero-order valence-electron chi connectivity index (χ0n) is 9.88. The molecule has 17 heavy (non-hydrogen) atoms. The van der Waals surface area contributed by atoms with Crippen LogP contribution in [-0.2, 0) is 0 Å². The number of fused-ring (bicyclic) bond motifs is 1. The van der Waals surface area contributed by atoms with Crippen molar-refractivity contribution in [1.82, 2.24) is 14.6 Å². The fraction of sp³-hybridized carbons (Fsp3) is 0.455. The van der Waals surface area contributed by atoms with Crippen molar-refractivity contribution in [3.05, 3.63) is 24.2 Å². The first-order chi connectivity index (χ1) is 8.08. The van der Waals surface area contributed by atoms with Crippen LogP contribution >= 0.6 is 0 Å². The molecule has 0 unspecified atom stereocenters. The molecule has 0 spiro atoms. The van der Waals surface area contributed by atoms with Crippen LogP contribution in [0.3, 0.4) is 0 Å². The molecule has 3 N–H and O–H groups in total. The van der Waals surface area contributed by atoms with Crippen molar-refractivity contribution >= 4 is 11.3 Å². The van der Waals surface area contributed by atoms with Crippen LogP contribution in [0.15, 0.2) is 18.5 Å². The lowest BCUT2D eigenvalue weighted by Gasteiger charge is -2.26. The fourth-order valence-corrected chi connectivity index (χ4v) is 1.56. The summed E-state index contributed by atoms with van der Waals surface area (Å²) in [6.45, 7) is 3.26. The minimum atomic E-state index is -0.799. The van der Waals surface area contributed by atoms with E-state index in [1.54, 1.807) is 23.8 Å². The number of rotatable bonds is 4. The van der Waals surface area contributed by atoms with Gasteiger partial charge in [0.05, 0.1) is 24.4 Å². The Labute approximate surface area is 98.9 Å². The number of nitrogens with one attached hydrogen (secondary N) is 1. The first-order valence-corrected chi connectivity index (χ1v) is 5.39. The quantitative estimate of drug-likeness (QED) is 0.706. The van der Waals surface area contributed by atoms with Crippen LogP contribution in [0.4, 0.5) is 5.82 Å². The van der Waals surface area contributed by atoms with E-state index >= 15 is 0 Å². The van der Waals surface area contributed by atoms with E-state index in [0.29, 0.717) is 5.82 Å². The Morgan fingerprint density at radius 3 is 2.76 bits per heavy atom. The lowest BCUT2D eigenvalue weighted by molar-refractivity contribution is 0.147. The SMILES string of the molecule is Cc1cc2c(NC(C)(CO)CO)nccn2n1. The highest BCUT2D eigenvalue weighted by Gasteiger charge is 2.23. The Kier molecular flexibility index (Phi) is 2.99. The summed E-state index contributed by atoms with van der Waals surface area (Å²) in [5.74, 6) is 0.596. The number of hydrogen-bond donors (Lipinski definition) is 3. The van der Waals surface area contributed by atoms with Gasteiger partial charge in [0, 0.05) is 12.4 Å². The Morgan fingerprint density at radius 2 is 2.12 bits per heavy atom. The molecule has 0 radical (unpaired) electrons. The van der Waals surface area contributed by atoms with Crippen LogP contribution in [0.25, 0.3) is 5.52 Å². The Balaban J connectivity index is 2.42. The van der Waals surface area contributed by atoms with Gasteiger partial charge in [-0.05, 0) is 19.9 Å². The molecule has 0 aromatic carbocycles. The van der Waals surface area contributed by atoms with Gasteiger partial charge >= 0.3 is 0 Å². The van der Waals surface area contributed by atoms with Gasteiger partial charge in [0.2, 0.25) is 0 Å². The first-order valence-electron chi connectivity index (χ1n) is 5.39. The second kappa shape index (κ2) is 4.31. The molecule has 2 rings (SSSR count). The topological polar surface area (TPSA) is 82.7 Å². The summed E-state index contributed by atoms with van der Waals surface area (Å²) in [5.41, 5.74) is 0.904. The minimum Gasteiger partial charge on any atom is -0.394 e. The maximum absolute atomic E-state index is 9.25. The van der Waals surface area contributed by atoms with E-state index in [9.17, 15) is 10.2 Å². The monoisotopic (exact) mass is 236 g/mol. The third-order valence-electron chi connectivity index (χ3n) is 2.63. The number of hydrogen-bond acceptors (Lipinski definition) is 5. The molecule has 6 heteroatoms. The molecule has 2 aromatic heterocycles. The van der Waals surface area contributed by atoms with Crippen LogP contribution in [0.1, 0.15) is 12.6 Å². The van der Waals surface area contributed by atoms with E-state index in [-0.39, 0.29) is 13.2 Å². The molecule has 0 aliphatic carbocycles. The lowest BCUT2D eigenvalue weighted by Crippen LogP contribution is -2.42. The van der Waals surface area contributed by atoms with Crippen molar-refractivity contribution < 1.29 is 10.2 Å². The van der Waals surface area contributed by atoms with Gasteiger partial charge in [0.1, 0.15) is 5.52 Å². The number of aliphatic hydroxyl groups excluding tert-OH is 2. The standard InChI is InChI=1S/C11H16N4O2/c1-8-5-9-10(12-3-4-15(9)14-8)13-11(2,6-16)7-17/h3-5,16-17H,6-7H2,1-2H3,(H,12,13). The van der Waals surface area contributed by atoms with Crippen LogP contribution in [0.5, 0.6) is 0 Å². The summed E-state index contributed by atoms with van der Waals surface area (Å²) < 4.78 is 1.71. The number of aliphatic hydroxyl groups is 2. The van der Waals surface area contributed by atoms with E-state index in [1.165, 1.54) is 0 Å². The van der Waals surface area contributed by atoms with Crippen LogP contribution in [0.2, 0.25) is 0 Å². The maximum Gasteiger partial charge on any atom is 0.152 e. The van der Waals surface area contributed by atoms with Crippen LogP contribution in [0, 0.1) is 6.92 Å². The molecule has 0 fully saturated rings. The van der Waals surface area contributed by atoms with E-state index in [4.69, 9.17) is 0 Å². The predicted octanol–water partition coefficient (Wildman–Crippen LogP) is 0.193. The average Bonchev–Trinajstić information content (AvgIpc) is 2.70. The minimum absolute atomic E-state index is 0.181. The summed E-state index contributed by atoms with van der Waals surface area (Å²) in [5, 5.41) is 25.8. The van der Waals surface area contributed by atoms with Crippen molar-refractivity contribution in [2.24, 2.45) is 0 Å². The highest BCUT2D eigenvalue weighted by Crippen LogP contribution is 2.18. The van der Waals surface area contributed by atoms with Gasteiger partial charge in [0.15, 0.2) is 5.82 Å². The second-order valence-corrected chi connectivity index (χ2v) is 4.39. The summed E-state index contributed by atoms with van der Waals surface area (Å²) in [6.07, 6.45) is 3.37. The van der Waals surface area contributed by atoms with Crippen LogP contribution < -0.4 is 5.32 Å². The maximum atomic E-state index is 9.25. The predicted molar refractivity (Wildman–Crippen MR) is 63.9 cm³/mol. The molecular weight excluding hydrogens is 220 g/mol. The van der Waals surface area contributed by atoms with Gasteiger partial charge in [-0.1, -0.05) is 0 Å². The molecule has 0 aliphatic heterocycles.